The number of nitrogen functional groups attached to an aromatic ring is 1. The number of ether oxygens (including phenoxy) is 1. The highest BCUT2D eigenvalue weighted by Gasteiger charge is 2.14. The Hall–Kier alpha value is -2.35. The number of hydrogen-bond donors (Lipinski definition) is 2. The van der Waals surface area contributed by atoms with Crippen LogP contribution in [0.1, 0.15) is 11.3 Å². The van der Waals surface area contributed by atoms with Crippen molar-refractivity contribution >= 4 is 21.7 Å². The predicted molar refractivity (Wildman–Crippen MR) is 80.4 cm³/mol. The van der Waals surface area contributed by atoms with Crippen molar-refractivity contribution in [3.8, 4) is 5.88 Å². The molecule has 0 saturated carbocycles. The molecule has 8 heteroatoms. The van der Waals surface area contributed by atoms with Crippen LogP contribution in [0.2, 0.25) is 0 Å². The summed E-state index contributed by atoms with van der Waals surface area (Å²) in [7, 11) is -2.18. The Morgan fingerprint density at radius 2 is 2.05 bits per heavy atom. The first-order valence-electron chi connectivity index (χ1n) is 6.12. The Balaban J connectivity index is 2.19. The number of nitrogens with zero attached hydrogens (tertiary/aromatic N) is 2. The van der Waals surface area contributed by atoms with Crippen LogP contribution in [-0.2, 0) is 15.8 Å². The lowest BCUT2D eigenvalue weighted by molar-refractivity contribution is 0.397. The van der Waals surface area contributed by atoms with Gasteiger partial charge in [0.15, 0.2) is 0 Å². The number of methoxy groups -OCH3 is 1. The molecule has 0 fully saturated rings. The van der Waals surface area contributed by atoms with Gasteiger partial charge in [-0.3, -0.25) is 4.72 Å². The van der Waals surface area contributed by atoms with Gasteiger partial charge in [-0.1, -0.05) is 12.1 Å². The van der Waals surface area contributed by atoms with Crippen molar-refractivity contribution in [1.82, 2.24) is 9.97 Å². The van der Waals surface area contributed by atoms with E-state index in [4.69, 9.17) is 10.5 Å². The van der Waals surface area contributed by atoms with Crippen molar-refractivity contribution in [2.75, 3.05) is 17.6 Å². The highest BCUT2D eigenvalue weighted by atomic mass is 32.2. The molecule has 1 aromatic heterocycles. The third kappa shape index (κ3) is 4.32. The lowest BCUT2D eigenvalue weighted by Gasteiger charge is -2.09. The van der Waals surface area contributed by atoms with Crippen molar-refractivity contribution in [1.29, 1.82) is 0 Å². The van der Waals surface area contributed by atoms with E-state index in [9.17, 15) is 8.42 Å². The third-order valence-corrected chi connectivity index (χ3v) is 3.80. The quantitative estimate of drug-likeness (QED) is 0.807. The number of nitrogens with two attached hydrogens (primary N) is 1. The first kappa shape index (κ1) is 15.0. The lowest BCUT2D eigenvalue weighted by Crippen LogP contribution is -2.17. The molecule has 0 bridgehead atoms. The molecule has 1 heterocycles. The second-order valence-electron chi connectivity index (χ2n) is 4.48. The summed E-state index contributed by atoms with van der Waals surface area (Å²) in [4.78, 5) is 7.97. The Labute approximate surface area is 123 Å². The fourth-order valence-corrected chi connectivity index (χ4v) is 2.83. The van der Waals surface area contributed by atoms with E-state index in [1.807, 2.05) is 0 Å². The van der Waals surface area contributed by atoms with Crippen LogP contribution in [0.15, 0.2) is 30.3 Å². The van der Waals surface area contributed by atoms with Crippen LogP contribution >= 0.6 is 0 Å². The van der Waals surface area contributed by atoms with Crippen LogP contribution in [0.4, 0.5) is 11.6 Å². The van der Waals surface area contributed by atoms with Gasteiger partial charge in [0.05, 0.1) is 12.9 Å². The first-order valence-corrected chi connectivity index (χ1v) is 7.78. The van der Waals surface area contributed by atoms with Crippen molar-refractivity contribution < 1.29 is 13.2 Å². The van der Waals surface area contributed by atoms with Gasteiger partial charge in [0, 0.05) is 17.4 Å². The second kappa shape index (κ2) is 5.96. The number of hydrogen-bond acceptors (Lipinski definition) is 6. The van der Waals surface area contributed by atoms with E-state index >= 15 is 0 Å². The van der Waals surface area contributed by atoms with Crippen LogP contribution in [0, 0.1) is 6.92 Å². The standard InChI is InChI=1S/C13H16N4O3S/c1-9-6-12(20-2)16-13(15-9)17-21(18,19)8-10-4-3-5-11(14)7-10/h3-7H,8,14H2,1-2H3,(H,15,16,17). The van der Waals surface area contributed by atoms with Gasteiger partial charge >= 0.3 is 0 Å². The molecule has 1 aromatic carbocycles. The van der Waals surface area contributed by atoms with Crippen LogP contribution in [0.25, 0.3) is 0 Å². The normalized spacial score (nSPS) is 11.1. The molecular weight excluding hydrogens is 292 g/mol. The highest BCUT2D eigenvalue weighted by molar-refractivity contribution is 7.91. The van der Waals surface area contributed by atoms with Gasteiger partial charge < -0.3 is 10.5 Å². The molecule has 21 heavy (non-hydrogen) atoms. The topological polar surface area (TPSA) is 107 Å². The summed E-state index contributed by atoms with van der Waals surface area (Å²) in [6.45, 7) is 1.72. The molecule has 0 aliphatic rings. The lowest BCUT2D eigenvalue weighted by atomic mass is 10.2. The summed E-state index contributed by atoms with van der Waals surface area (Å²) < 4.78 is 31.6. The molecule has 0 radical (unpaired) electrons. The van der Waals surface area contributed by atoms with Gasteiger partial charge in [0.2, 0.25) is 21.9 Å². The molecule has 7 nitrogen and oxygen atoms in total. The predicted octanol–water partition coefficient (Wildman–Crippen LogP) is 1.32. The maximum Gasteiger partial charge on any atom is 0.240 e. The molecule has 112 valence electrons. The van der Waals surface area contributed by atoms with Gasteiger partial charge in [-0.25, -0.2) is 13.4 Å². The first-order chi connectivity index (χ1) is 9.88. The maximum absolute atomic E-state index is 12.1. The van der Waals surface area contributed by atoms with E-state index in [-0.39, 0.29) is 11.7 Å². The Bertz CT molecular complexity index is 747. The van der Waals surface area contributed by atoms with E-state index in [1.54, 1.807) is 37.3 Å². The summed E-state index contributed by atoms with van der Waals surface area (Å²) in [5.41, 5.74) is 7.33. The van der Waals surface area contributed by atoms with E-state index in [2.05, 4.69) is 14.7 Å². The zero-order valence-electron chi connectivity index (χ0n) is 11.7. The fraction of sp³-hybridized carbons (Fsp3) is 0.231. The molecule has 0 spiro atoms. The maximum atomic E-state index is 12.1. The second-order valence-corrected chi connectivity index (χ2v) is 6.20. The van der Waals surface area contributed by atoms with Gasteiger partial charge in [-0.15, -0.1) is 0 Å². The Morgan fingerprint density at radius 1 is 1.29 bits per heavy atom. The smallest absolute Gasteiger partial charge is 0.240 e. The van der Waals surface area contributed by atoms with Crippen LogP contribution < -0.4 is 15.2 Å². The molecule has 0 atom stereocenters. The zero-order chi connectivity index (χ0) is 15.5. The number of nitrogens with one attached hydrogen (secondary N) is 1. The molecule has 0 saturated heterocycles. The summed E-state index contributed by atoms with van der Waals surface area (Å²) in [5.74, 6) is 0.0670. The molecule has 3 N–H and O–H groups in total. The average molecular weight is 308 g/mol. The number of rotatable bonds is 5. The Kier molecular flexibility index (Phi) is 4.27. The Morgan fingerprint density at radius 3 is 2.71 bits per heavy atom. The van der Waals surface area contributed by atoms with E-state index in [1.165, 1.54) is 7.11 Å². The zero-order valence-corrected chi connectivity index (χ0v) is 12.5. The highest BCUT2D eigenvalue weighted by Crippen LogP contribution is 2.15. The minimum atomic E-state index is -3.63. The molecule has 2 rings (SSSR count). The molecular formula is C13H16N4O3S. The number of anilines is 2. The van der Waals surface area contributed by atoms with E-state index < -0.39 is 10.0 Å². The van der Waals surface area contributed by atoms with Crippen molar-refractivity contribution in [2.24, 2.45) is 0 Å². The average Bonchev–Trinajstić information content (AvgIpc) is 2.36. The summed E-state index contributed by atoms with van der Waals surface area (Å²) in [6, 6.07) is 8.30. The van der Waals surface area contributed by atoms with Crippen molar-refractivity contribution in [3.05, 3.63) is 41.6 Å². The fourth-order valence-electron chi connectivity index (χ4n) is 1.77. The van der Waals surface area contributed by atoms with E-state index in [0.717, 1.165) is 0 Å². The van der Waals surface area contributed by atoms with Gasteiger partial charge in [-0.2, -0.15) is 4.98 Å². The number of benzene rings is 1. The molecule has 0 unspecified atom stereocenters. The minimum Gasteiger partial charge on any atom is -0.481 e. The molecule has 0 aliphatic carbocycles. The van der Waals surface area contributed by atoms with Gasteiger partial charge in [-0.05, 0) is 24.6 Å². The number of aryl methyl sites for hydroxylation is 1. The SMILES string of the molecule is COc1cc(C)nc(NS(=O)(=O)Cc2cccc(N)c2)n1. The number of sulfonamides is 1. The van der Waals surface area contributed by atoms with E-state index in [0.29, 0.717) is 22.8 Å². The van der Waals surface area contributed by atoms with Gasteiger partial charge in [0.25, 0.3) is 0 Å². The summed E-state index contributed by atoms with van der Waals surface area (Å²) >= 11 is 0. The largest absolute Gasteiger partial charge is 0.481 e. The monoisotopic (exact) mass is 308 g/mol. The molecule has 0 aliphatic heterocycles. The van der Waals surface area contributed by atoms with Crippen molar-refractivity contribution in [3.63, 3.8) is 0 Å². The molecule has 0 amide bonds. The van der Waals surface area contributed by atoms with Crippen LogP contribution in [0.5, 0.6) is 5.88 Å². The minimum absolute atomic E-state index is 0.0178. The van der Waals surface area contributed by atoms with Crippen LogP contribution in [0.3, 0.4) is 0 Å². The number of aromatic nitrogens is 2. The van der Waals surface area contributed by atoms with Crippen molar-refractivity contribution in [2.45, 2.75) is 12.7 Å². The third-order valence-electron chi connectivity index (χ3n) is 2.59. The molecule has 2 aromatic rings. The van der Waals surface area contributed by atoms with Crippen LogP contribution in [-0.4, -0.2) is 25.5 Å². The summed E-state index contributed by atoms with van der Waals surface area (Å²) in [5, 5.41) is 0. The summed E-state index contributed by atoms with van der Waals surface area (Å²) in [6.07, 6.45) is 0. The van der Waals surface area contributed by atoms with Gasteiger partial charge in [0.1, 0.15) is 0 Å².